The number of hydrogen-bond acceptors (Lipinski definition) is 7. The molecule has 2 aromatic heterocycles. The van der Waals surface area contributed by atoms with Gasteiger partial charge in [-0.15, -0.1) is 0 Å². The van der Waals surface area contributed by atoms with Gasteiger partial charge in [-0.1, -0.05) is 45.5 Å². The molecule has 9 heteroatoms. The SMILES string of the molecule is O=c1sc2ccc(Br)cc2n1Cc1cccc(-c2ncc(OCCN3CCOCC3)cn2)c1. The minimum Gasteiger partial charge on any atom is -0.489 e. The minimum absolute atomic E-state index is 0.0309. The largest absolute Gasteiger partial charge is 0.489 e. The fraction of sp³-hybridized carbons (Fsp3) is 0.292. The van der Waals surface area contributed by atoms with Gasteiger partial charge in [-0.25, -0.2) is 9.97 Å². The summed E-state index contributed by atoms with van der Waals surface area (Å²) in [5, 5.41) is 0. The molecule has 33 heavy (non-hydrogen) atoms. The number of benzene rings is 2. The second kappa shape index (κ2) is 10.1. The van der Waals surface area contributed by atoms with Crippen molar-refractivity contribution in [1.82, 2.24) is 19.4 Å². The highest BCUT2D eigenvalue weighted by Gasteiger charge is 2.11. The fourth-order valence-electron chi connectivity index (χ4n) is 3.83. The summed E-state index contributed by atoms with van der Waals surface area (Å²) in [5.41, 5.74) is 2.85. The molecule has 0 radical (unpaired) electrons. The Morgan fingerprint density at radius 2 is 1.91 bits per heavy atom. The van der Waals surface area contributed by atoms with E-state index < -0.39 is 0 Å². The number of aromatic nitrogens is 3. The number of fused-ring (bicyclic) bond motifs is 1. The van der Waals surface area contributed by atoms with Gasteiger partial charge in [0.15, 0.2) is 11.6 Å². The van der Waals surface area contributed by atoms with E-state index in [1.54, 1.807) is 17.0 Å². The van der Waals surface area contributed by atoms with Crippen molar-refractivity contribution < 1.29 is 9.47 Å². The maximum atomic E-state index is 12.6. The van der Waals surface area contributed by atoms with Gasteiger partial charge < -0.3 is 9.47 Å². The summed E-state index contributed by atoms with van der Waals surface area (Å²) < 4.78 is 14.9. The molecule has 5 rings (SSSR count). The highest BCUT2D eigenvalue weighted by Crippen LogP contribution is 2.24. The third-order valence-electron chi connectivity index (χ3n) is 5.56. The highest BCUT2D eigenvalue weighted by molar-refractivity contribution is 9.10. The molecule has 0 unspecified atom stereocenters. The summed E-state index contributed by atoms with van der Waals surface area (Å²) in [5.74, 6) is 1.28. The summed E-state index contributed by atoms with van der Waals surface area (Å²) >= 11 is 4.76. The van der Waals surface area contributed by atoms with Crippen LogP contribution in [0.2, 0.25) is 0 Å². The van der Waals surface area contributed by atoms with Crippen LogP contribution in [-0.2, 0) is 11.3 Å². The van der Waals surface area contributed by atoms with Gasteiger partial charge in [0.1, 0.15) is 6.61 Å². The number of ether oxygens (including phenoxy) is 2. The van der Waals surface area contributed by atoms with Crippen molar-refractivity contribution in [2.45, 2.75) is 6.54 Å². The molecule has 0 spiro atoms. The molecule has 1 aliphatic heterocycles. The van der Waals surface area contributed by atoms with Gasteiger partial charge in [-0.2, -0.15) is 0 Å². The third-order valence-corrected chi connectivity index (χ3v) is 7.02. The fourth-order valence-corrected chi connectivity index (χ4v) is 5.05. The van der Waals surface area contributed by atoms with E-state index >= 15 is 0 Å². The van der Waals surface area contributed by atoms with E-state index in [-0.39, 0.29) is 4.87 Å². The monoisotopic (exact) mass is 526 g/mol. The van der Waals surface area contributed by atoms with E-state index in [9.17, 15) is 4.79 Å². The second-order valence-electron chi connectivity index (χ2n) is 7.81. The van der Waals surface area contributed by atoms with Crippen molar-refractivity contribution in [3.8, 4) is 17.1 Å². The lowest BCUT2D eigenvalue weighted by Crippen LogP contribution is -2.38. The molecule has 3 heterocycles. The normalized spacial score (nSPS) is 14.6. The van der Waals surface area contributed by atoms with Crippen LogP contribution in [0.1, 0.15) is 5.56 Å². The van der Waals surface area contributed by atoms with Gasteiger partial charge in [-0.05, 0) is 29.8 Å². The first kappa shape index (κ1) is 22.2. The number of hydrogen-bond donors (Lipinski definition) is 0. The van der Waals surface area contributed by atoms with Crippen LogP contribution in [0, 0.1) is 0 Å². The summed E-state index contributed by atoms with van der Waals surface area (Å²) in [4.78, 5) is 23.9. The van der Waals surface area contributed by atoms with E-state index in [2.05, 4.69) is 30.8 Å². The van der Waals surface area contributed by atoms with Crippen molar-refractivity contribution in [1.29, 1.82) is 0 Å². The molecular formula is C24H23BrN4O3S. The van der Waals surface area contributed by atoms with Gasteiger partial charge >= 0.3 is 4.87 Å². The van der Waals surface area contributed by atoms with Gasteiger partial charge in [-0.3, -0.25) is 14.3 Å². The number of nitrogens with zero attached hydrogens (tertiary/aromatic N) is 4. The molecule has 4 aromatic rings. The molecule has 0 saturated carbocycles. The van der Waals surface area contributed by atoms with Crippen LogP contribution in [0.25, 0.3) is 21.6 Å². The summed E-state index contributed by atoms with van der Waals surface area (Å²) in [6.07, 6.45) is 3.42. The van der Waals surface area contributed by atoms with Gasteiger partial charge in [0, 0.05) is 29.7 Å². The Morgan fingerprint density at radius 1 is 1.09 bits per heavy atom. The van der Waals surface area contributed by atoms with Crippen molar-refractivity contribution in [2.75, 3.05) is 39.5 Å². The maximum absolute atomic E-state index is 12.6. The Morgan fingerprint density at radius 3 is 2.73 bits per heavy atom. The lowest BCUT2D eigenvalue weighted by atomic mass is 10.1. The highest BCUT2D eigenvalue weighted by atomic mass is 79.9. The van der Waals surface area contributed by atoms with Crippen molar-refractivity contribution in [3.63, 3.8) is 0 Å². The van der Waals surface area contributed by atoms with E-state index in [1.165, 1.54) is 11.3 Å². The van der Waals surface area contributed by atoms with Gasteiger partial charge in [0.05, 0.1) is 42.4 Å². The molecule has 0 N–H and O–H groups in total. The predicted molar refractivity (Wildman–Crippen MR) is 133 cm³/mol. The quantitative estimate of drug-likeness (QED) is 0.362. The summed E-state index contributed by atoms with van der Waals surface area (Å²) in [6.45, 7) is 5.40. The molecule has 0 aliphatic carbocycles. The lowest BCUT2D eigenvalue weighted by molar-refractivity contribution is 0.0322. The molecule has 2 aromatic carbocycles. The van der Waals surface area contributed by atoms with Crippen LogP contribution in [0.15, 0.2) is 64.1 Å². The summed E-state index contributed by atoms with van der Waals surface area (Å²) in [6, 6.07) is 13.9. The van der Waals surface area contributed by atoms with Crippen LogP contribution in [0.3, 0.4) is 0 Å². The van der Waals surface area contributed by atoms with E-state index in [0.29, 0.717) is 24.7 Å². The standard InChI is InChI=1S/C24H23BrN4O3S/c25-19-4-5-22-21(13-19)29(24(30)33-22)16-17-2-1-3-18(12-17)23-26-14-20(15-27-23)32-11-8-28-6-9-31-10-7-28/h1-5,12-15H,6-11,16H2. The lowest BCUT2D eigenvalue weighted by Gasteiger charge is -2.26. The molecule has 1 saturated heterocycles. The zero-order chi connectivity index (χ0) is 22.6. The smallest absolute Gasteiger partial charge is 0.308 e. The zero-order valence-corrected chi connectivity index (χ0v) is 20.3. The number of halogens is 1. The molecule has 0 bridgehead atoms. The first-order valence-electron chi connectivity index (χ1n) is 10.8. The number of morpholine rings is 1. The van der Waals surface area contributed by atoms with Crippen LogP contribution in [0.5, 0.6) is 5.75 Å². The Balaban J connectivity index is 1.27. The Labute approximate surface area is 203 Å². The molecule has 7 nitrogen and oxygen atoms in total. The molecular weight excluding hydrogens is 504 g/mol. The van der Waals surface area contributed by atoms with Gasteiger partial charge in [0.2, 0.25) is 0 Å². The third kappa shape index (κ3) is 5.33. The topological polar surface area (TPSA) is 69.5 Å². The average molecular weight is 527 g/mol. The second-order valence-corrected chi connectivity index (χ2v) is 9.72. The minimum atomic E-state index is 0.0309. The molecule has 0 amide bonds. The molecule has 1 aliphatic rings. The number of rotatable bonds is 7. The molecule has 0 atom stereocenters. The van der Waals surface area contributed by atoms with Crippen molar-refractivity contribution in [3.05, 3.63) is 74.6 Å². The first-order chi connectivity index (χ1) is 16.2. The average Bonchev–Trinajstić information content (AvgIpc) is 3.15. The van der Waals surface area contributed by atoms with Crippen molar-refractivity contribution in [2.24, 2.45) is 0 Å². The Bertz CT molecular complexity index is 1300. The maximum Gasteiger partial charge on any atom is 0.308 e. The zero-order valence-electron chi connectivity index (χ0n) is 17.9. The predicted octanol–water partition coefficient (Wildman–Crippen LogP) is 4.04. The van der Waals surface area contributed by atoms with Gasteiger partial charge in [0.25, 0.3) is 0 Å². The van der Waals surface area contributed by atoms with Crippen LogP contribution in [0.4, 0.5) is 0 Å². The number of thiazole rings is 1. The van der Waals surface area contributed by atoms with Crippen LogP contribution < -0.4 is 9.61 Å². The van der Waals surface area contributed by atoms with Crippen molar-refractivity contribution >= 4 is 37.5 Å². The van der Waals surface area contributed by atoms with Crippen LogP contribution in [-0.4, -0.2) is 58.9 Å². The van der Waals surface area contributed by atoms with E-state index in [1.807, 2.05) is 42.5 Å². The molecule has 1 fully saturated rings. The Kier molecular flexibility index (Phi) is 6.82. The summed E-state index contributed by atoms with van der Waals surface area (Å²) in [7, 11) is 0. The van der Waals surface area contributed by atoms with Crippen LogP contribution >= 0.6 is 27.3 Å². The van der Waals surface area contributed by atoms with E-state index in [0.717, 1.165) is 58.7 Å². The first-order valence-corrected chi connectivity index (χ1v) is 12.4. The molecule has 170 valence electrons. The Hall–Kier alpha value is -2.59. The van der Waals surface area contributed by atoms with E-state index in [4.69, 9.17) is 9.47 Å².